The summed E-state index contributed by atoms with van der Waals surface area (Å²) in [6.45, 7) is 0. The van der Waals surface area contributed by atoms with Crippen LogP contribution in [0.2, 0.25) is 0 Å². The Morgan fingerprint density at radius 3 is 2.47 bits per heavy atom. The predicted octanol–water partition coefficient (Wildman–Crippen LogP) is 2.49. The fraction of sp³-hybridized carbons (Fsp3) is 0. The average Bonchev–Trinajstić information content (AvgIpc) is 2.27. The lowest BCUT2D eigenvalue weighted by Crippen LogP contribution is -1.83. The average molecular weight is 196 g/mol. The van der Waals surface area contributed by atoms with Gasteiger partial charge < -0.3 is 5.11 Å². The van der Waals surface area contributed by atoms with E-state index in [0.29, 0.717) is 0 Å². The summed E-state index contributed by atoms with van der Waals surface area (Å²) < 4.78 is 0. The van der Waals surface area contributed by atoms with Gasteiger partial charge in [-0.2, -0.15) is 5.10 Å². The van der Waals surface area contributed by atoms with Crippen LogP contribution in [0.25, 0.3) is 21.5 Å². The first-order valence-electron chi connectivity index (χ1n) is 4.68. The Morgan fingerprint density at radius 1 is 0.933 bits per heavy atom. The monoisotopic (exact) mass is 196 g/mol. The third-order valence-electron chi connectivity index (χ3n) is 2.51. The summed E-state index contributed by atoms with van der Waals surface area (Å²) in [7, 11) is 0. The highest BCUT2D eigenvalue weighted by Crippen LogP contribution is 2.26. The van der Waals surface area contributed by atoms with Gasteiger partial charge in [-0.05, 0) is 22.9 Å². The molecule has 0 atom stereocenters. The van der Waals surface area contributed by atoms with Crippen LogP contribution in [-0.4, -0.2) is 15.3 Å². The number of hydrogen-bond acceptors (Lipinski definition) is 3. The van der Waals surface area contributed by atoms with Gasteiger partial charge in [0.15, 0.2) is 0 Å². The quantitative estimate of drug-likeness (QED) is 0.562. The largest absolute Gasteiger partial charge is 0.492 e. The molecule has 0 spiro atoms. The molecule has 0 unspecified atom stereocenters. The number of fused-ring (bicyclic) bond motifs is 2. The van der Waals surface area contributed by atoms with E-state index in [2.05, 4.69) is 10.2 Å². The first-order valence-corrected chi connectivity index (χ1v) is 4.68. The predicted molar refractivity (Wildman–Crippen MR) is 58.7 cm³/mol. The minimum atomic E-state index is -0.0155. The van der Waals surface area contributed by atoms with Crippen molar-refractivity contribution in [2.75, 3.05) is 0 Å². The van der Waals surface area contributed by atoms with Crippen LogP contribution in [0.15, 0.2) is 42.6 Å². The molecule has 72 valence electrons. The first kappa shape index (κ1) is 8.17. The van der Waals surface area contributed by atoms with Crippen LogP contribution in [-0.2, 0) is 0 Å². The van der Waals surface area contributed by atoms with Crippen LogP contribution in [0.3, 0.4) is 0 Å². The van der Waals surface area contributed by atoms with Crippen molar-refractivity contribution in [3.05, 3.63) is 42.6 Å². The van der Waals surface area contributed by atoms with Gasteiger partial charge in [-0.25, -0.2) is 0 Å². The van der Waals surface area contributed by atoms with E-state index in [-0.39, 0.29) is 5.88 Å². The number of hydrogen-bond donors (Lipinski definition) is 1. The zero-order valence-electron chi connectivity index (χ0n) is 7.88. The Kier molecular flexibility index (Phi) is 1.59. The van der Waals surface area contributed by atoms with Crippen LogP contribution < -0.4 is 0 Å². The second-order valence-electron chi connectivity index (χ2n) is 3.45. The molecule has 0 fully saturated rings. The molecule has 0 aliphatic rings. The maximum absolute atomic E-state index is 9.56. The first-order chi connectivity index (χ1) is 7.34. The van der Waals surface area contributed by atoms with Gasteiger partial charge in [0, 0.05) is 10.8 Å². The van der Waals surface area contributed by atoms with Gasteiger partial charge in [0.1, 0.15) is 0 Å². The van der Waals surface area contributed by atoms with Gasteiger partial charge in [0.2, 0.25) is 5.88 Å². The Bertz CT molecular complexity index is 649. The lowest BCUT2D eigenvalue weighted by atomic mass is 10.1. The van der Waals surface area contributed by atoms with Crippen molar-refractivity contribution in [1.82, 2.24) is 10.2 Å². The van der Waals surface area contributed by atoms with E-state index in [0.717, 1.165) is 21.5 Å². The molecule has 1 heterocycles. The summed E-state index contributed by atoms with van der Waals surface area (Å²) in [5.74, 6) is -0.0155. The molecule has 1 N–H and O–H groups in total. The molecule has 0 bridgehead atoms. The molecule has 0 amide bonds. The van der Waals surface area contributed by atoms with Crippen LogP contribution >= 0.6 is 0 Å². The molecule has 1 aromatic heterocycles. The standard InChI is InChI=1S/C12H8N2O/c15-12-11-6-9-4-2-1-3-8(9)5-10(11)7-13-14-12/h1-7H,(H,14,15). The van der Waals surface area contributed by atoms with Crippen molar-refractivity contribution >= 4 is 21.5 Å². The number of benzene rings is 2. The Balaban J connectivity index is 2.53. The molecule has 0 saturated carbocycles. The third kappa shape index (κ3) is 1.21. The van der Waals surface area contributed by atoms with Crippen LogP contribution in [0.1, 0.15) is 0 Å². The second kappa shape index (κ2) is 2.92. The normalized spacial score (nSPS) is 10.9. The maximum Gasteiger partial charge on any atom is 0.238 e. The van der Waals surface area contributed by atoms with Gasteiger partial charge >= 0.3 is 0 Å². The number of aromatic nitrogens is 2. The molecule has 3 heteroatoms. The number of rotatable bonds is 0. The maximum atomic E-state index is 9.56. The van der Waals surface area contributed by atoms with E-state index >= 15 is 0 Å². The van der Waals surface area contributed by atoms with E-state index in [1.54, 1.807) is 6.20 Å². The molecule has 3 aromatic rings. The fourth-order valence-electron chi connectivity index (χ4n) is 1.76. The van der Waals surface area contributed by atoms with Crippen LogP contribution in [0.4, 0.5) is 0 Å². The van der Waals surface area contributed by atoms with E-state index in [4.69, 9.17) is 0 Å². The molecule has 15 heavy (non-hydrogen) atoms. The van der Waals surface area contributed by atoms with E-state index in [9.17, 15) is 5.11 Å². The van der Waals surface area contributed by atoms with Gasteiger partial charge in [-0.3, -0.25) is 0 Å². The van der Waals surface area contributed by atoms with E-state index < -0.39 is 0 Å². The Hall–Kier alpha value is -2.16. The van der Waals surface area contributed by atoms with Gasteiger partial charge in [0.05, 0.1) is 6.20 Å². The molecular weight excluding hydrogens is 188 g/mol. The molecular formula is C12H8N2O. The molecule has 0 aliphatic carbocycles. The molecule has 0 radical (unpaired) electrons. The fourth-order valence-corrected chi connectivity index (χ4v) is 1.76. The minimum absolute atomic E-state index is 0.0155. The molecule has 0 saturated heterocycles. The zero-order chi connectivity index (χ0) is 10.3. The Labute approximate surface area is 86.0 Å². The van der Waals surface area contributed by atoms with Crippen molar-refractivity contribution in [3.63, 3.8) is 0 Å². The number of nitrogens with zero attached hydrogens (tertiary/aromatic N) is 2. The van der Waals surface area contributed by atoms with Crippen molar-refractivity contribution < 1.29 is 5.11 Å². The summed E-state index contributed by atoms with van der Waals surface area (Å²) in [6, 6.07) is 11.9. The van der Waals surface area contributed by atoms with E-state index in [1.165, 1.54) is 0 Å². The highest BCUT2D eigenvalue weighted by Gasteiger charge is 2.02. The van der Waals surface area contributed by atoms with Gasteiger partial charge in [0.25, 0.3) is 0 Å². The van der Waals surface area contributed by atoms with Crippen molar-refractivity contribution in [2.24, 2.45) is 0 Å². The highest BCUT2D eigenvalue weighted by atomic mass is 16.3. The summed E-state index contributed by atoms with van der Waals surface area (Å²) in [5, 5.41) is 20.8. The van der Waals surface area contributed by atoms with Gasteiger partial charge in [-0.15, -0.1) is 5.10 Å². The van der Waals surface area contributed by atoms with E-state index in [1.807, 2.05) is 36.4 Å². The highest BCUT2D eigenvalue weighted by molar-refractivity contribution is 5.99. The smallest absolute Gasteiger partial charge is 0.238 e. The summed E-state index contributed by atoms with van der Waals surface area (Å²) in [4.78, 5) is 0. The van der Waals surface area contributed by atoms with Crippen molar-refractivity contribution in [2.45, 2.75) is 0 Å². The summed E-state index contributed by atoms with van der Waals surface area (Å²) in [5.41, 5.74) is 0. The van der Waals surface area contributed by atoms with Gasteiger partial charge in [-0.1, -0.05) is 24.3 Å². The second-order valence-corrected chi connectivity index (χ2v) is 3.45. The number of aromatic hydroxyl groups is 1. The van der Waals surface area contributed by atoms with Crippen LogP contribution in [0, 0.1) is 0 Å². The van der Waals surface area contributed by atoms with Crippen molar-refractivity contribution in [3.8, 4) is 5.88 Å². The lowest BCUT2D eigenvalue weighted by molar-refractivity contribution is 0.452. The zero-order valence-corrected chi connectivity index (χ0v) is 7.88. The molecule has 2 aromatic carbocycles. The molecule has 3 rings (SSSR count). The molecule has 0 aliphatic heterocycles. The minimum Gasteiger partial charge on any atom is -0.492 e. The topological polar surface area (TPSA) is 46.0 Å². The van der Waals surface area contributed by atoms with Crippen LogP contribution in [0.5, 0.6) is 5.88 Å². The van der Waals surface area contributed by atoms with Crippen molar-refractivity contribution in [1.29, 1.82) is 0 Å². The third-order valence-corrected chi connectivity index (χ3v) is 2.51. The lowest BCUT2D eigenvalue weighted by Gasteiger charge is -2.01. The Morgan fingerprint density at radius 2 is 1.67 bits per heavy atom. The summed E-state index contributed by atoms with van der Waals surface area (Å²) >= 11 is 0. The summed E-state index contributed by atoms with van der Waals surface area (Å²) in [6.07, 6.45) is 1.65. The SMILES string of the molecule is Oc1nncc2cc3ccccc3cc12. The molecule has 3 nitrogen and oxygen atoms in total.